The molecule has 0 aromatic heterocycles. The summed E-state index contributed by atoms with van der Waals surface area (Å²) < 4.78 is 0. The molecule has 0 fully saturated rings. The molecule has 0 saturated heterocycles. The first-order valence-electron chi connectivity index (χ1n) is 18.9. The first-order chi connectivity index (χ1) is 24.6. The van der Waals surface area contributed by atoms with Crippen LogP contribution in [0.1, 0.15) is 128 Å². The Hall–Kier alpha value is -1.68. The zero-order valence-corrected chi connectivity index (χ0v) is 44.4. The number of unbranched alkanes of at least 4 members (excludes halogenated alkanes) is 1. The summed E-state index contributed by atoms with van der Waals surface area (Å²) in [5, 5.41) is 16.8. The number of rotatable bonds is 18. The maximum Gasteiger partial charge on any atom is 1.00 e. The molecule has 0 aliphatic carbocycles. The van der Waals surface area contributed by atoms with E-state index in [2.05, 4.69) is 118 Å². The van der Waals surface area contributed by atoms with E-state index in [1.165, 1.54) is 38.4 Å². The van der Waals surface area contributed by atoms with Crippen LogP contribution in [0.5, 0.6) is 0 Å². The Morgan fingerprint density at radius 2 is 1.09 bits per heavy atom. The second-order valence-corrected chi connectivity index (χ2v) is 14.7. The predicted octanol–water partition coefficient (Wildman–Crippen LogP) is 4.02. The van der Waals surface area contributed by atoms with Gasteiger partial charge in [-0.05, 0) is 137 Å². The Bertz CT molecular complexity index is 968. The van der Waals surface area contributed by atoms with E-state index in [1.54, 1.807) is 5.43 Å². The van der Waals surface area contributed by atoms with E-state index < -0.39 is 0 Å². The molecule has 0 aliphatic heterocycles. The predicted molar refractivity (Wildman–Crippen MR) is 261 cm³/mol. The molecule has 346 valence electrons. The molecule has 58 heavy (non-hydrogen) atoms. The molecular weight excluding hydrogens is 831 g/mol. The fraction of sp³-hybridized carbons (Fsp3) is 0.842. The van der Waals surface area contributed by atoms with Crippen molar-refractivity contribution in [1.29, 1.82) is 10.5 Å². The molecule has 0 amide bonds. The van der Waals surface area contributed by atoms with Crippen LogP contribution in [0.15, 0.2) is 15.0 Å². The van der Waals surface area contributed by atoms with Gasteiger partial charge in [0.2, 0.25) is 6.19 Å². The van der Waals surface area contributed by atoms with Gasteiger partial charge in [-0.15, -0.1) is 54.6 Å². The normalized spacial score (nSPS) is 11.2. The molecule has 3 unspecified atom stereocenters. The van der Waals surface area contributed by atoms with E-state index >= 15 is 0 Å². The van der Waals surface area contributed by atoms with Crippen LogP contribution in [0, 0.1) is 47.6 Å². The van der Waals surface area contributed by atoms with Crippen molar-refractivity contribution in [3.8, 4) is 12.8 Å². The van der Waals surface area contributed by atoms with Crippen molar-refractivity contribution in [3.63, 3.8) is 0 Å². The van der Waals surface area contributed by atoms with Crippen molar-refractivity contribution >= 4 is 67.5 Å². The summed E-state index contributed by atoms with van der Waals surface area (Å²) in [6, 6.07) is 0.853. The van der Waals surface area contributed by atoms with Crippen molar-refractivity contribution in [1.82, 2.24) is 20.5 Å². The Kier molecular flexibility index (Phi) is 93.3. The molecular formula is C38H90Cl4N15Na. The summed E-state index contributed by atoms with van der Waals surface area (Å²) in [5.74, 6) is 3.09. The number of nitrogens with zero attached hydrogens (tertiary/aromatic N) is 8. The smallest absolute Gasteiger partial charge is 1.00 e. The van der Waals surface area contributed by atoms with Gasteiger partial charge in [0.25, 0.3) is 0 Å². The number of guanidine groups is 3. The van der Waals surface area contributed by atoms with E-state index in [-0.39, 0.29) is 98.7 Å². The molecule has 0 spiro atoms. The molecule has 0 bridgehead atoms. The van der Waals surface area contributed by atoms with Crippen LogP contribution in [-0.4, -0.2) is 93.6 Å². The van der Waals surface area contributed by atoms with Gasteiger partial charge in [0, 0.05) is 19.2 Å². The summed E-state index contributed by atoms with van der Waals surface area (Å²) >= 11 is 0. The second-order valence-electron chi connectivity index (χ2n) is 14.7. The van der Waals surface area contributed by atoms with Crippen LogP contribution in [0.3, 0.4) is 0 Å². The number of halogens is 4. The molecule has 3 atom stereocenters. The third kappa shape index (κ3) is 105. The van der Waals surface area contributed by atoms with Crippen LogP contribution >= 0.6 is 49.6 Å². The molecule has 0 heterocycles. The average Bonchev–Trinajstić information content (AvgIpc) is 3.05. The maximum atomic E-state index is 7.49. The summed E-state index contributed by atoms with van der Waals surface area (Å²) in [6.45, 7) is 33.9. The minimum atomic E-state index is 0. The van der Waals surface area contributed by atoms with E-state index in [0.29, 0.717) is 30.4 Å². The fourth-order valence-electron chi connectivity index (χ4n) is 3.66. The molecule has 0 aromatic carbocycles. The first-order valence-corrected chi connectivity index (χ1v) is 18.9. The molecule has 20 heteroatoms. The minimum absolute atomic E-state index is 0. The molecule has 0 rings (SSSR count). The van der Waals surface area contributed by atoms with E-state index in [4.69, 9.17) is 45.8 Å². The number of nitrogens with one attached hydrogen (secondary N) is 2. The third-order valence-electron chi connectivity index (χ3n) is 6.62. The monoisotopic (exact) mass is 920 g/mol. The summed E-state index contributed by atoms with van der Waals surface area (Å²) in [5.41, 5.74) is 29.3. The topological polar surface area (TPSA) is 250 Å². The Morgan fingerprint density at radius 3 is 1.34 bits per heavy atom. The molecule has 0 aromatic rings. The van der Waals surface area contributed by atoms with E-state index in [9.17, 15) is 0 Å². The number of nitriles is 2. The van der Waals surface area contributed by atoms with Crippen LogP contribution < -0.4 is 69.0 Å². The number of nitrogens with two attached hydrogens (primary N) is 5. The molecule has 0 aliphatic rings. The van der Waals surface area contributed by atoms with Gasteiger partial charge in [-0.2, -0.15) is 11.8 Å². The third-order valence-corrected chi connectivity index (χ3v) is 6.62. The fourth-order valence-corrected chi connectivity index (χ4v) is 3.66. The summed E-state index contributed by atoms with van der Waals surface area (Å²) in [6.07, 6.45) is 11.9. The van der Waals surface area contributed by atoms with Gasteiger partial charge < -0.3 is 39.9 Å². The van der Waals surface area contributed by atoms with Gasteiger partial charge in [-0.3, -0.25) is 20.3 Å². The van der Waals surface area contributed by atoms with Gasteiger partial charge in [0.05, 0.1) is 12.1 Å². The average molecular weight is 922 g/mol. The Morgan fingerprint density at radius 1 is 0.707 bits per heavy atom. The standard InChI is InChI=1S/C14H32N6.C8H19N3.C7H17N.C6H15N.C2HN3.CHN.4ClH.Na.H/c1-11(2)7-8-12(3)18-14(16)19-13(15)17-9-6-10-20(4)5;1-6(2)4-5-7(3)11-8(9)10;1-6(2)4-5-7(3)8;1-4-5-6-7(2)3;1-4-5-2-3;1-2;;;;;;/h11-12H,6-10H2,1-5H3,(H5,15,16,17,18,19);6-7H,4-5H2,1-3H3,(H4,9,10,11);6-7H,4-5,8H2,1-3H3;4-6H2,1-3H3;5H;1H;4*1H;;/q;;;;;;;;;;+1;-1. The maximum absolute atomic E-state index is 7.49. The van der Waals surface area contributed by atoms with Crippen molar-refractivity contribution < 1.29 is 31.0 Å². The van der Waals surface area contributed by atoms with Crippen molar-refractivity contribution in [2.45, 2.75) is 145 Å². The quantitative estimate of drug-likeness (QED) is 0.0151. The molecule has 0 saturated carbocycles. The summed E-state index contributed by atoms with van der Waals surface area (Å²) in [4.78, 5) is 19.4. The summed E-state index contributed by atoms with van der Waals surface area (Å²) in [7, 11) is 8.29. The molecule has 12 N–H and O–H groups in total. The zero-order chi connectivity index (χ0) is 42.8. The number of aliphatic imine (C=N–C) groups is 3. The van der Waals surface area contributed by atoms with Crippen molar-refractivity contribution in [2.75, 3.05) is 47.8 Å². The molecule has 15 nitrogen and oxygen atoms in total. The van der Waals surface area contributed by atoms with Gasteiger partial charge in [0.1, 0.15) is 0 Å². The van der Waals surface area contributed by atoms with E-state index in [1.807, 2.05) is 21.0 Å². The van der Waals surface area contributed by atoms with Crippen LogP contribution in [0.4, 0.5) is 0 Å². The number of hydrogen-bond acceptors (Lipinski definition) is 9. The largest absolute Gasteiger partial charge is 1.00 e. The SMILES string of the molecule is C#N.CC(C)CCC(C)N.CC(C)CCC(C)N=C(N)N.CC(C)CCC(C)N=C(N)NC(N)=NCCCN(C)C.CCCCN(C)C.Cl.Cl.Cl.Cl.[C-]#[N+]NC#N.[H-].[Na+]. The van der Waals surface area contributed by atoms with Crippen molar-refractivity contribution in [2.24, 2.45) is 61.4 Å². The van der Waals surface area contributed by atoms with Crippen LogP contribution in [-0.2, 0) is 0 Å². The minimum Gasteiger partial charge on any atom is -1.00 e. The second kappa shape index (κ2) is 64.5. The van der Waals surface area contributed by atoms with Gasteiger partial charge in [-0.1, -0.05) is 54.9 Å². The van der Waals surface area contributed by atoms with Gasteiger partial charge in [0.15, 0.2) is 17.9 Å². The van der Waals surface area contributed by atoms with Crippen LogP contribution in [0.2, 0.25) is 0 Å². The number of hydrogen-bond donors (Lipinski definition) is 7. The zero-order valence-electron chi connectivity index (χ0n) is 40.1. The van der Waals surface area contributed by atoms with Crippen molar-refractivity contribution in [3.05, 3.63) is 11.5 Å². The van der Waals surface area contributed by atoms with Gasteiger partial charge >= 0.3 is 29.6 Å². The van der Waals surface area contributed by atoms with Gasteiger partial charge in [-0.25, -0.2) is 5.26 Å². The first kappa shape index (κ1) is 83.9. The van der Waals surface area contributed by atoms with E-state index in [0.717, 1.165) is 50.5 Å². The Labute approximate surface area is 405 Å². The molecule has 0 radical (unpaired) electrons. The van der Waals surface area contributed by atoms with Crippen LogP contribution in [0.25, 0.3) is 4.95 Å². The Balaban J connectivity index is -0.0000000489.